The monoisotopic (exact) mass is 250 g/mol. The number of nitrogens with zero attached hydrogens (tertiary/aromatic N) is 2. The molecule has 6 heteroatoms. The fraction of sp³-hybridized carbons (Fsp3) is 0.500. The number of hydrogen-bond acceptors (Lipinski definition) is 5. The van der Waals surface area contributed by atoms with Crippen LogP contribution in [0.15, 0.2) is 18.3 Å². The van der Waals surface area contributed by atoms with E-state index < -0.39 is 0 Å². The van der Waals surface area contributed by atoms with Crippen LogP contribution in [0, 0.1) is 0 Å². The van der Waals surface area contributed by atoms with Crippen molar-refractivity contribution in [3.05, 3.63) is 24.0 Å². The molecule has 6 nitrogen and oxygen atoms in total. The summed E-state index contributed by atoms with van der Waals surface area (Å²) in [4.78, 5) is 18.1. The van der Waals surface area contributed by atoms with Crippen LogP contribution in [0.5, 0.6) is 0 Å². The molecule has 0 saturated carbocycles. The molecule has 1 aromatic rings. The van der Waals surface area contributed by atoms with Crippen LogP contribution in [-0.2, 0) is 4.74 Å². The molecule has 1 aliphatic rings. The van der Waals surface area contributed by atoms with Gasteiger partial charge in [-0.25, -0.2) is 0 Å². The smallest absolute Gasteiger partial charge is 0.272 e. The summed E-state index contributed by atoms with van der Waals surface area (Å²) in [5, 5.41) is 0. The first kappa shape index (κ1) is 12.8. The molecule has 2 rings (SSSR count). The van der Waals surface area contributed by atoms with E-state index >= 15 is 0 Å². The molecule has 1 aromatic heterocycles. The summed E-state index contributed by atoms with van der Waals surface area (Å²) < 4.78 is 5.28. The van der Waals surface area contributed by atoms with Gasteiger partial charge in [0.2, 0.25) is 0 Å². The number of nitrogen functional groups attached to an aromatic ring is 1. The van der Waals surface area contributed by atoms with Crippen molar-refractivity contribution < 1.29 is 9.53 Å². The zero-order chi connectivity index (χ0) is 13.0. The number of anilines is 1. The van der Waals surface area contributed by atoms with Gasteiger partial charge in [-0.3, -0.25) is 15.6 Å². The van der Waals surface area contributed by atoms with Crippen LogP contribution in [0.2, 0.25) is 0 Å². The third-order valence-electron chi connectivity index (χ3n) is 3.21. The largest absolute Gasteiger partial charge is 0.381 e. The molecule has 1 aliphatic heterocycles. The van der Waals surface area contributed by atoms with Crippen LogP contribution < -0.4 is 11.3 Å². The lowest BCUT2D eigenvalue weighted by atomic mass is 10.1. The van der Waals surface area contributed by atoms with Crippen molar-refractivity contribution in [2.75, 3.05) is 25.6 Å². The number of pyridine rings is 1. The van der Waals surface area contributed by atoms with Crippen LogP contribution in [0.1, 0.15) is 23.3 Å². The molecule has 0 aliphatic carbocycles. The van der Waals surface area contributed by atoms with Gasteiger partial charge in [-0.05, 0) is 25.0 Å². The molecule has 0 spiro atoms. The number of nitrogens with one attached hydrogen (secondary N) is 1. The van der Waals surface area contributed by atoms with E-state index in [9.17, 15) is 4.79 Å². The minimum absolute atomic E-state index is 0.0540. The van der Waals surface area contributed by atoms with E-state index in [4.69, 9.17) is 10.6 Å². The maximum absolute atomic E-state index is 12.2. The Balaban J connectivity index is 2.03. The van der Waals surface area contributed by atoms with Gasteiger partial charge >= 0.3 is 0 Å². The summed E-state index contributed by atoms with van der Waals surface area (Å²) in [7, 11) is 1.71. The van der Waals surface area contributed by atoms with E-state index in [1.54, 1.807) is 30.3 Å². The van der Waals surface area contributed by atoms with E-state index in [2.05, 4.69) is 10.4 Å². The van der Waals surface area contributed by atoms with Gasteiger partial charge in [0.25, 0.3) is 5.91 Å². The number of carbonyl (C=O) groups excluding carboxylic acids is 1. The lowest BCUT2D eigenvalue weighted by Gasteiger charge is -2.31. The molecule has 0 bridgehead atoms. The van der Waals surface area contributed by atoms with Gasteiger partial charge in [0.05, 0.1) is 11.8 Å². The first-order valence-electron chi connectivity index (χ1n) is 5.99. The van der Waals surface area contributed by atoms with Crippen molar-refractivity contribution in [2.45, 2.75) is 18.9 Å². The van der Waals surface area contributed by atoms with Crippen molar-refractivity contribution in [3.8, 4) is 0 Å². The Morgan fingerprint density at radius 3 is 2.89 bits per heavy atom. The highest BCUT2D eigenvalue weighted by Gasteiger charge is 2.24. The number of aromatic nitrogens is 1. The summed E-state index contributed by atoms with van der Waals surface area (Å²) in [6, 6.07) is 3.37. The molecule has 1 fully saturated rings. The number of piperidine rings is 1. The fourth-order valence-corrected chi connectivity index (χ4v) is 2.09. The predicted molar refractivity (Wildman–Crippen MR) is 68.0 cm³/mol. The second-order valence-electron chi connectivity index (χ2n) is 4.30. The Bertz CT molecular complexity index is 416. The van der Waals surface area contributed by atoms with E-state index in [0.29, 0.717) is 24.5 Å². The van der Waals surface area contributed by atoms with Crippen LogP contribution >= 0.6 is 0 Å². The minimum Gasteiger partial charge on any atom is -0.381 e. The molecule has 0 radical (unpaired) electrons. The molecule has 2 heterocycles. The molecule has 0 atom stereocenters. The van der Waals surface area contributed by atoms with Crippen molar-refractivity contribution >= 4 is 11.6 Å². The minimum atomic E-state index is -0.0540. The molecule has 98 valence electrons. The summed E-state index contributed by atoms with van der Waals surface area (Å²) in [5.74, 6) is 5.26. The van der Waals surface area contributed by atoms with E-state index in [1.165, 1.54) is 0 Å². The Morgan fingerprint density at radius 1 is 1.56 bits per heavy atom. The highest BCUT2D eigenvalue weighted by atomic mass is 16.5. The van der Waals surface area contributed by atoms with Crippen LogP contribution in [-0.4, -0.2) is 42.1 Å². The fourth-order valence-electron chi connectivity index (χ4n) is 2.09. The number of hydrazine groups is 1. The molecule has 1 amide bonds. The van der Waals surface area contributed by atoms with Gasteiger partial charge in [0.1, 0.15) is 5.69 Å². The highest BCUT2D eigenvalue weighted by molar-refractivity contribution is 5.93. The van der Waals surface area contributed by atoms with Gasteiger partial charge in [-0.2, -0.15) is 0 Å². The number of methoxy groups -OCH3 is 1. The molecule has 3 N–H and O–H groups in total. The Labute approximate surface area is 106 Å². The number of likely N-dealkylation sites (tertiary alicyclic amines) is 1. The third-order valence-corrected chi connectivity index (χ3v) is 3.21. The third kappa shape index (κ3) is 2.77. The maximum Gasteiger partial charge on any atom is 0.272 e. The van der Waals surface area contributed by atoms with Crippen molar-refractivity contribution in [2.24, 2.45) is 5.84 Å². The summed E-state index contributed by atoms with van der Waals surface area (Å²) >= 11 is 0. The average molecular weight is 250 g/mol. The lowest BCUT2D eigenvalue weighted by Crippen LogP contribution is -2.40. The zero-order valence-corrected chi connectivity index (χ0v) is 10.4. The first-order valence-corrected chi connectivity index (χ1v) is 5.99. The second-order valence-corrected chi connectivity index (χ2v) is 4.30. The average Bonchev–Trinajstić information content (AvgIpc) is 2.46. The second kappa shape index (κ2) is 5.79. The number of amides is 1. The number of ether oxygens (including phenoxy) is 1. The SMILES string of the molecule is COC1CCN(C(=O)c2cc(NN)ccn2)CC1. The Morgan fingerprint density at radius 2 is 2.28 bits per heavy atom. The summed E-state index contributed by atoms with van der Waals surface area (Å²) in [6.07, 6.45) is 3.58. The van der Waals surface area contributed by atoms with Crippen LogP contribution in [0.25, 0.3) is 0 Å². The topological polar surface area (TPSA) is 80.5 Å². The molecular formula is C12H18N4O2. The van der Waals surface area contributed by atoms with E-state index in [0.717, 1.165) is 12.8 Å². The number of rotatable bonds is 3. The first-order chi connectivity index (χ1) is 8.74. The summed E-state index contributed by atoms with van der Waals surface area (Å²) in [5.41, 5.74) is 3.61. The molecule has 0 unspecified atom stereocenters. The zero-order valence-electron chi connectivity index (χ0n) is 10.4. The number of hydrogen-bond donors (Lipinski definition) is 2. The van der Waals surface area contributed by atoms with Crippen molar-refractivity contribution in [3.63, 3.8) is 0 Å². The summed E-state index contributed by atoms with van der Waals surface area (Å²) in [6.45, 7) is 1.42. The van der Waals surface area contributed by atoms with E-state index in [-0.39, 0.29) is 12.0 Å². The maximum atomic E-state index is 12.2. The standard InChI is InChI=1S/C12H18N4O2/c1-18-10-3-6-16(7-4-10)12(17)11-8-9(15-13)2-5-14-11/h2,5,8,10H,3-4,6-7,13H2,1H3,(H,14,15). The van der Waals surface area contributed by atoms with Gasteiger partial charge < -0.3 is 15.1 Å². The molecular weight excluding hydrogens is 232 g/mol. The van der Waals surface area contributed by atoms with Crippen LogP contribution in [0.4, 0.5) is 5.69 Å². The molecule has 0 aromatic carbocycles. The number of nitrogens with two attached hydrogens (primary N) is 1. The Kier molecular flexibility index (Phi) is 4.11. The van der Waals surface area contributed by atoms with E-state index in [1.807, 2.05) is 0 Å². The van der Waals surface area contributed by atoms with Crippen molar-refractivity contribution in [1.82, 2.24) is 9.88 Å². The normalized spacial score (nSPS) is 16.7. The van der Waals surface area contributed by atoms with Gasteiger partial charge in [0.15, 0.2) is 0 Å². The van der Waals surface area contributed by atoms with Gasteiger partial charge in [-0.15, -0.1) is 0 Å². The quantitative estimate of drug-likeness (QED) is 0.607. The lowest BCUT2D eigenvalue weighted by molar-refractivity contribution is 0.0347. The Hall–Kier alpha value is -1.66. The number of carbonyl (C=O) groups is 1. The van der Waals surface area contributed by atoms with Crippen LogP contribution in [0.3, 0.4) is 0 Å². The highest BCUT2D eigenvalue weighted by Crippen LogP contribution is 2.16. The molecule has 18 heavy (non-hydrogen) atoms. The molecule has 1 saturated heterocycles. The van der Waals surface area contributed by atoms with Gasteiger partial charge in [-0.1, -0.05) is 0 Å². The predicted octanol–water partition coefficient (Wildman–Crippen LogP) is 0.618. The van der Waals surface area contributed by atoms with Crippen molar-refractivity contribution in [1.29, 1.82) is 0 Å². The van der Waals surface area contributed by atoms with Gasteiger partial charge in [0, 0.05) is 26.4 Å².